The maximum Gasteiger partial charge on any atom is 0.193 e. The average Bonchev–Trinajstić information content (AvgIpc) is 3.04. The lowest BCUT2D eigenvalue weighted by atomic mass is 10.2. The van der Waals surface area contributed by atoms with Crippen molar-refractivity contribution in [1.29, 1.82) is 0 Å². The highest BCUT2D eigenvalue weighted by atomic mass is 32.1. The Balaban J connectivity index is 1.94. The Morgan fingerprint density at radius 3 is 2.72 bits per heavy atom. The number of nitrogens with zero attached hydrogens (tertiary/aromatic N) is 3. The largest absolute Gasteiger partial charge is 0.497 e. The zero-order chi connectivity index (χ0) is 18.2. The van der Waals surface area contributed by atoms with E-state index in [2.05, 4.69) is 27.1 Å². The molecule has 25 heavy (non-hydrogen) atoms. The number of methoxy groups -OCH3 is 2. The van der Waals surface area contributed by atoms with E-state index in [1.54, 1.807) is 32.6 Å². The number of aryl methyl sites for hydroxylation is 1. The van der Waals surface area contributed by atoms with Crippen LogP contribution in [0.1, 0.15) is 15.4 Å². The average molecular weight is 362 g/mol. The van der Waals surface area contributed by atoms with Crippen LogP contribution in [0.15, 0.2) is 29.4 Å². The molecule has 2 rings (SSSR count). The van der Waals surface area contributed by atoms with E-state index in [0.717, 1.165) is 41.0 Å². The van der Waals surface area contributed by atoms with Gasteiger partial charge in [-0.3, -0.25) is 4.99 Å². The van der Waals surface area contributed by atoms with Gasteiger partial charge in [-0.05, 0) is 19.1 Å². The first-order valence-corrected chi connectivity index (χ1v) is 8.93. The van der Waals surface area contributed by atoms with Gasteiger partial charge in [-0.25, -0.2) is 4.98 Å². The zero-order valence-electron chi connectivity index (χ0n) is 15.5. The van der Waals surface area contributed by atoms with Gasteiger partial charge < -0.3 is 19.7 Å². The van der Waals surface area contributed by atoms with E-state index in [9.17, 15) is 0 Å². The molecule has 7 heteroatoms. The van der Waals surface area contributed by atoms with Crippen LogP contribution in [-0.2, 0) is 13.0 Å². The molecule has 0 saturated carbocycles. The summed E-state index contributed by atoms with van der Waals surface area (Å²) >= 11 is 1.73. The van der Waals surface area contributed by atoms with E-state index in [1.165, 1.54) is 4.88 Å². The summed E-state index contributed by atoms with van der Waals surface area (Å²) in [6.07, 6.45) is 2.80. The van der Waals surface area contributed by atoms with Gasteiger partial charge in [0, 0.05) is 56.3 Å². The van der Waals surface area contributed by atoms with Gasteiger partial charge >= 0.3 is 0 Å². The number of nitrogens with one attached hydrogen (secondary N) is 1. The van der Waals surface area contributed by atoms with Gasteiger partial charge in [0.1, 0.15) is 11.5 Å². The van der Waals surface area contributed by atoms with Gasteiger partial charge in [0.25, 0.3) is 0 Å². The van der Waals surface area contributed by atoms with E-state index in [-0.39, 0.29) is 0 Å². The van der Waals surface area contributed by atoms with Gasteiger partial charge in [0.2, 0.25) is 0 Å². The highest BCUT2D eigenvalue weighted by Gasteiger charge is 2.11. The lowest BCUT2D eigenvalue weighted by Gasteiger charge is -2.23. The molecule has 0 aliphatic rings. The molecule has 0 fully saturated rings. The van der Waals surface area contributed by atoms with Crippen LogP contribution in [0.3, 0.4) is 0 Å². The lowest BCUT2D eigenvalue weighted by Crippen LogP contribution is -2.39. The molecular weight excluding hydrogens is 336 g/mol. The second-order valence-electron chi connectivity index (χ2n) is 5.62. The predicted molar refractivity (Wildman–Crippen MR) is 103 cm³/mol. The SMILES string of the molecule is CN=C(NCCc1ncc(C)s1)N(C)Cc1ccc(OC)cc1OC. The van der Waals surface area contributed by atoms with Gasteiger partial charge in [-0.15, -0.1) is 11.3 Å². The first-order chi connectivity index (χ1) is 12.1. The van der Waals surface area contributed by atoms with E-state index in [4.69, 9.17) is 9.47 Å². The summed E-state index contributed by atoms with van der Waals surface area (Å²) in [5.41, 5.74) is 1.07. The van der Waals surface area contributed by atoms with Gasteiger partial charge in [0.15, 0.2) is 5.96 Å². The fourth-order valence-corrected chi connectivity index (χ4v) is 3.28. The molecule has 136 valence electrons. The van der Waals surface area contributed by atoms with Crippen molar-refractivity contribution in [3.05, 3.63) is 39.8 Å². The molecule has 6 nitrogen and oxygen atoms in total. The normalized spacial score (nSPS) is 11.3. The number of thiazole rings is 1. The number of rotatable bonds is 7. The Morgan fingerprint density at radius 2 is 2.12 bits per heavy atom. The van der Waals surface area contributed by atoms with Crippen LogP contribution in [0.2, 0.25) is 0 Å². The minimum Gasteiger partial charge on any atom is -0.497 e. The topological polar surface area (TPSA) is 59.0 Å². The van der Waals surface area contributed by atoms with Crippen molar-refractivity contribution in [2.24, 2.45) is 4.99 Å². The van der Waals surface area contributed by atoms with Crippen molar-refractivity contribution in [2.45, 2.75) is 19.9 Å². The molecule has 0 radical (unpaired) electrons. The molecule has 0 aliphatic carbocycles. The summed E-state index contributed by atoms with van der Waals surface area (Å²) in [6, 6.07) is 5.84. The predicted octanol–water partition coefficient (Wildman–Crippen LogP) is 2.72. The van der Waals surface area contributed by atoms with Crippen molar-refractivity contribution in [1.82, 2.24) is 15.2 Å². The third-order valence-corrected chi connectivity index (χ3v) is 4.74. The van der Waals surface area contributed by atoms with Crippen LogP contribution in [0.25, 0.3) is 0 Å². The molecule has 0 aliphatic heterocycles. The molecule has 0 saturated heterocycles. The summed E-state index contributed by atoms with van der Waals surface area (Å²) in [6.45, 7) is 3.55. The smallest absolute Gasteiger partial charge is 0.193 e. The van der Waals surface area contributed by atoms with Crippen LogP contribution < -0.4 is 14.8 Å². The fourth-order valence-electron chi connectivity index (χ4n) is 2.50. The minimum absolute atomic E-state index is 0.684. The standard InChI is InChI=1S/C18H26N4O2S/c1-13-11-21-17(25-13)8-9-20-18(19-2)22(3)12-14-6-7-15(23-4)10-16(14)24-5/h6-7,10-11H,8-9,12H2,1-5H3,(H,19,20). The summed E-state index contributed by atoms with van der Waals surface area (Å²) in [5.74, 6) is 2.43. The Morgan fingerprint density at radius 1 is 1.32 bits per heavy atom. The third kappa shape index (κ3) is 5.35. The molecule has 1 aromatic heterocycles. The molecule has 1 heterocycles. The molecule has 1 aromatic carbocycles. The fraction of sp³-hybridized carbons (Fsp3) is 0.444. The van der Waals surface area contributed by atoms with Crippen LogP contribution in [-0.4, -0.2) is 50.7 Å². The Labute approximate surface area is 153 Å². The summed E-state index contributed by atoms with van der Waals surface area (Å²) in [7, 11) is 7.11. The first-order valence-electron chi connectivity index (χ1n) is 8.11. The lowest BCUT2D eigenvalue weighted by molar-refractivity contribution is 0.382. The summed E-state index contributed by atoms with van der Waals surface area (Å²) in [5, 5.41) is 4.52. The molecular formula is C18H26N4O2S. The second kappa shape index (κ2) is 9.27. The van der Waals surface area contributed by atoms with Gasteiger partial charge in [-0.1, -0.05) is 0 Å². The van der Waals surface area contributed by atoms with Crippen LogP contribution in [0, 0.1) is 6.92 Å². The third-order valence-electron chi connectivity index (χ3n) is 3.77. The molecule has 0 spiro atoms. The molecule has 1 N–H and O–H groups in total. The summed E-state index contributed by atoms with van der Waals surface area (Å²) < 4.78 is 10.7. The quantitative estimate of drug-likeness (QED) is 0.606. The van der Waals surface area contributed by atoms with Crippen LogP contribution in [0.4, 0.5) is 0 Å². The van der Waals surface area contributed by atoms with E-state index in [1.807, 2.05) is 31.4 Å². The Kier molecular flexibility index (Phi) is 7.06. The van der Waals surface area contributed by atoms with Crippen molar-refractivity contribution < 1.29 is 9.47 Å². The molecule has 0 bridgehead atoms. The first kappa shape index (κ1) is 19.1. The molecule has 0 atom stereocenters. The number of aromatic nitrogens is 1. The Hall–Kier alpha value is -2.28. The second-order valence-corrected chi connectivity index (χ2v) is 6.94. The number of benzene rings is 1. The van der Waals surface area contributed by atoms with E-state index < -0.39 is 0 Å². The maximum atomic E-state index is 5.47. The molecule has 0 amide bonds. The van der Waals surface area contributed by atoms with Gasteiger partial charge in [0.05, 0.1) is 19.2 Å². The number of hydrogen-bond donors (Lipinski definition) is 1. The van der Waals surface area contributed by atoms with Crippen LogP contribution in [0.5, 0.6) is 11.5 Å². The minimum atomic E-state index is 0.684. The number of guanidine groups is 1. The number of aliphatic imine (C=N–C) groups is 1. The van der Waals surface area contributed by atoms with Crippen molar-refractivity contribution in [3.63, 3.8) is 0 Å². The van der Waals surface area contributed by atoms with Crippen molar-refractivity contribution in [2.75, 3.05) is 34.9 Å². The highest BCUT2D eigenvalue weighted by molar-refractivity contribution is 7.11. The van der Waals surface area contributed by atoms with Gasteiger partial charge in [-0.2, -0.15) is 0 Å². The highest BCUT2D eigenvalue weighted by Crippen LogP contribution is 2.25. The number of ether oxygens (including phenoxy) is 2. The van der Waals surface area contributed by atoms with Crippen molar-refractivity contribution in [3.8, 4) is 11.5 Å². The van der Waals surface area contributed by atoms with E-state index in [0.29, 0.717) is 6.54 Å². The zero-order valence-corrected chi connectivity index (χ0v) is 16.3. The maximum absolute atomic E-state index is 5.47. The molecule has 0 unspecified atom stereocenters. The monoisotopic (exact) mass is 362 g/mol. The Bertz CT molecular complexity index is 715. The number of hydrogen-bond acceptors (Lipinski definition) is 5. The van der Waals surface area contributed by atoms with E-state index >= 15 is 0 Å². The van der Waals surface area contributed by atoms with Crippen molar-refractivity contribution >= 4 is 17.3 Å². The summed E-state index contributed by atoms with van der Waals surface area (Å²) in [4.78, 5) is 12.1. The molecule has 2 aromatic rings. The van der Waals surface area contributed by atoms with Crippen LogP contribution >= 0.6 is 11.3 Å².